The fraction of sp³-hybridized carbons (Fsp3) is 0.714. The largest absolute Gasteiger partial charge is 0.324 e. The predicted molar refractivity (Wildman–Crippen MR) is 72.2 cm³/mol. The fourth-order valence-electron chi connectivity index (χ4n) is 2.23. The molecule has 0 bridgehead atoms. The zero-order valence-corrected chi connectivity index (χ0v) is 11.3. The van der Waals surface area contributed by atoms with Crippen molar-refractivity contribution < 1.29 is 9.59 Å². The van der Waals surface area contributed by atoms with Crippen molar-refractivity contribution in [2.75, 3.05) is 0 Å². The van der Waals surface area contributed by atoms with Crippen molar-refractivity contribution in [1.82, 2.24) is 10.6 Å². The van der Waals surface area contributed by atoms with E-state index in [0.717, 1.165) is 25.7 Å². The van der Waals surface area contributed by atoms with E-state index in [-0.39, 0.29) is 11.9 Å². The zero-order valence-electron chi connectivity index (χ0n) is 11.3. The maximum absolute atomic E-state index is 11.5. The van der Waals surface area contributed by atoms with Gasteiger partial charge in [0.2, 0.25) is 0 Å². The molecule has 0 spiro atoms. The van der Waals surface area contributed by atoms with Crippen LogP contribution in [0.4, 0.5) is 4.79 Å². The molecule has 102 valence electrons. The van der Waals surface area contributed by atoms with E-state index < -0.39 is 5.54 Å². The minimum atomic E-state index is -0.695. The Morgan fingerprint density at radius 2 is 1.72 bits per heavy atom. The standard InChI is InChI=1S/C14H24N2O2/c1-3-4-5-6-7-8-9-10-11-14(2)12(17)15-13(18)16-14/h3H,1,4-11H2,2H3,(H2,15,16,17,18)/t14-/m1/s1. The molecule has 0 aromatic carbocycles. The van der Waals surface area contributed by atoms with Crippen molar-refractivity contribution in [3.05, 3.63) is 12.7 Å². The summed E-state index contributed by atoms with van der Waals surface area (Å²) in [4.78, 5) is 22.6. The second-order valence-corrected chi connectivity index (χ2v) is 5.19. The summed E-state index contributed by atoms with van der Waals surface area (Å²) in [5, 5.41) is 4.97. The summed E-state index contributed by atoms with van der Waals surface area (Å²) in [6.07, 6.45) is 10.8. The third kappa shape index (κ3) is 4.51. The maximum Gasteiger partial charge on any atom is 0.322 e. The van der Waals surface area contributed by atoms with E-state index in [9.17, 15) is 9.59 Å². The number of imide groups is 1. The molecule has 0 unspecified atom stereocenters. The van der Waals surface area contributed by atoms with Crippen molar-refractivity contribution in [2.45, 2.75) is 63.8 Å². The van der Waals surface area contributed by atoms with Gasteiger partial charge in [0.05, 0.1) is 0 Å². The van der Waals surface area contributed by atoms with Crippen molar-refractivity contribution in [2.24, 2.45) is 0 Å². The van der Waals surface area contributed by atoms with E-state index in [1.807, 2.05) is 6.08 Å². The lowest BCUT2D eigenvalue weighted by Gasteiger charge is -2.19. The summed E-state index contributed by atoms with van der Waals surface area (Å²) in [5.74, 6) is -0.196. The Hall–Kier alpha value is -1.32. The number of hydrogen-bond acceptors (Lipinski definition) is 2. The van der Waals surface area contributed by atoms with E-state index in [2.05, 4.69) is 17.2 Å². The van der Waals surface area contributed by atoms with Gasteiger partial charge in [0.1, 0.15) is 5.54 Å². The molecule has 0 radical (unpaired) electrons. The molecular weight excluding hydrogens is 228 g/mol. The Labute approximate surface area is 109 Å². The van der Waals surface area contributed by atoms with Crippen LogP contribution in [0.15, 0.2) is 12.7 Å². The zero-order chi connectivity index (χ0) is 13.4. The highest BCUT2D eigenvalue weighted by Gasteiger charge is 2.40. The van der Waals surface area contributed by atoms with E-state index in [1.54, 1.807) is 6.92 Å². The van der Waals surface area contributed by atoms with Crippen LogP contribution in [-0.2, 0) is 4.79 Å². The van der Waals surface area contributed by atoms with E-state index in [4.69, 9.17) is 0 Å². The first-order valence-corrected chi connectivity index (χ1v) is 6.83. The van der Waals surface area contributed by atoms with Gasteiger partial charge in [-0.1, -0.05) is 38.2 Å². The molecule has 3 amide bonds. The van der Waals surface area contributed by atoms with Crippen LogP contribution in [0.25, 0.3) is 0 Å². The number of urea groups is 1. The summed E-state index contributed by atoms with van der Waals surface area (Å²) in [6, 6.07) is -0.369. The summed E-state index contributed by atoms with van der Waals surface area (Å²) in [5.41, 5.74) is -0.695. The first-order chi connectivity index (χ1) is 8.58. The quantitative estimate of drug-likeness (QED) is 0.376. The molecule has 1 aliphatic heterocycles. The molecule has 2 N–H and O–H groups in total. The third-order valence-corrected chi connectivity index (χ3v) is 3.45. The highest BCUT2D eigenvalue weighted by molar-refractivity contribution is 6.06. The SMILES string of the molecule is C=CCCCCCCCC[C@@]1(C)NC(=O)NC1=O. The Morgan fingerprint density at radius 3 is 2.28 bits per heavy atom. The van der Waals surface area contributed by atoms with Gasteiger partial charge in [0, 0.05) is 0 Å². The van der Waals surface area contributed by atoms with E-state index in [0.29, 0.717) is 0 Å². The van der Waals surface area contributed by atoms with Crippen LogP contribution in [-0.4, -0.2) is 17.5 Å². The number of allylic oxidation sites excluding steroid dienone is 1. The van der Waals surface area contributed by atoms with Crippen molar-refractivity contribution in [3.63, 3.8) is 0 Å². The maximum atomic E-state index is 11.5. The monoisotopic (exact) mass is 252 g/mol. The number of hydrogen-bond donors (Lipinski definition) is 2. The molecule has 0 saturated carbocycles. The topological polar surface area (TPSA) is 58.2 Å². The predicted octanol–water partition coefficient (Wildman–Crippen LogP) is 2.89. The fourth-order valence-corrected chi connectivity index (χ4v) is 2.23. The molecule has 4 heteroatoms. The lowest BCUT2D eigenvalue weighted by atomic mass is 9.94. The molecule has 1 atom stereocenters. The molecule has 1 heterocycles. The Kier molecular flexibility index (Phi) is 5.89. The van der Waals surface area contributed by atoms with Crippen LogP contribution in [0, 0.1) is 0 Å². The van der Waals surface area contributed by atoms with Gasteiger partial charge in [-0.05, 0) is 26.2 Å². The smallest absolute Gasteiger partial charge is 0.322 e. The molecule has 4 nitrogen and oxygen atoms in total. The van der Waals surface area contributed by atoms with Crippen LogP contribution in [0.1, 0.15) is 58.3 Å². The summed E-state index contributed by atoms with van der Waals surface area (Å²) in [7, 11) is 0. The van der Waals surface area contributed by atoms with Gasteiger partial charge in [-0.25, -0.2) is 4.79 Å². The van der Waals surface area contributed by atoms with Crippen LogP contribution < -0.4 is 10.6 Å². The van der Waals surface area contributed by atoms with Crippen LogP contribution in [0.2, 0.25) is 0 Å². The summed E-state index contributed by atoms with van der Waals surface area (Å²) >= 11 is 0. The minimum absolute atomic E-state index is 0.196. The van der Waals surface area contributed by atoms with Crippen molar-refractivity contribution in [3.8, 4) is 0 Å². The molecule has 0 aromatic rings. The Balaban J connectivity index is 2.05. The molecule has 1 saturated heterocycles. The van der Waals surface area contributed by atoms with Gasteiger partial charge in [0.25, 0.3) is 5.91 Å². The molecule has 1 aliphatic rings. The van der Waals surface area contributed by atoms with Gasteiger partial charge in [-0.3, -0.25) is 10.1 Å². The average molecular weight is 252 g/mol. The summed E-state index contributed by atoms with van der Waals surface area (Å²) < 4.78 is 0. The highest BCUT2D eigenvalue weighted by Crippen LogP contribution is 2.19. The van der Waals surface area contributed by atoms with Crippen LogP contribution in [0.3, 0.4) is 0 Å². The summed E-state index contributed by atoms with van der Waals surface area (Å²) in [6.45, 7) is 5.49. The second-order valence-electron chi connectivity index (χ2n) is 5.19. The molecule has 1 fully saturated rings. The van der Waals surface area contributed by atoms with Crippen molar-refractivity contribution >= 4 is 11.9 Å². The number of nitrogens with one attached hydrogen (secondary N) is 2. The normalized spacial score (nSPS) is 22.7. The third-order valence-electron chi connectivity index (χ3n) is 3.45. The van der Waals surface area contributed by atoms with Crippen LogP contribution in [0.5, 0.6) is 0 Å². The number of unbranched alkanes of at least 4 members (excludes halogenated alkanes) is 6. The van der Waals surface area contributed by atoms with Gasteiger partial charge in [-0.2, -0.15) is 0 Å². The second kappa shape index (κ2) is 7.19. The lowest BCUT2D eigenvalue weighted by Crippen LogP contribution is -2.43. The lowest BCUT2D eigenvalue weighted by molar-refractivity contribution is -0.123. The first-order valence-electron chi connectivity index (χ1n) is 6.83. The molecule has 0 aromatic heterocycles. The number of carbonyl (C=O) groups excluding carboxylic acids is 2. The first kappa shape index (κ1) is 14.7. The van der Waals surface area contributed by atoms with Gasteiger partial charge in [0.15, 0.2) is 0 Å². The van der Waals surface area contributed by atoms with E-state index >= 15 is 0 Å². The average Bonchev–Trinajstić information content (AvgIpc) is 2.57. The van der Waals surface area contributed by atoms with Gasteiger partial charge >= 0.3 is 6.03 Å². The molecular formula is C14H24N2O2. The molecule has 1 rings (SSSR count). The number of amides is 3. The number of carbonyl (C=O) groups is 2. The number of rotatable bonds is 9. The van der Waals surface area contributed by atoms with E-state index in [1.165, 1.54) is 25.7 Å². The Morgan fingerprint density at radius 1 is 1.11 bits per heavy atom. The highest BCUT2D eigenvalue weighted by atomic mass is 16.2. The van der Waals surface area contributed by atoms with Crippen molar-refractivity contribution in [1.29, 1.82) is 0 Å². The minimum Gasteiger partial charge on any atom is -0.324 e. The molecule has 0 aliphatic carbocycles. The van der Waals surface area contributed by atoms with Gasteiger partial charge in [-0.15, -0.1) is 6.58 Å². The Bertz CT molecular complexity index is 315. The van der Waals surface area contributed by atoms with Crippen LogP contribution >= 0.6 is 0 Å². The molecule has 18 heavy (non-hydrogen) atoms. The van der Waals surface area contributed by atoms with Gasteiger partial charge < -0.3 is 5.32 Å².